The molecule has 0 bridgehead atoms. The van der Waals surface area contributed by atoms with E-state index in [-0.39, 0.29) is 0 Å². The zero-order valence-electron chi connectivity index (χ0n) is 8.26. The van der Waals surface area contributed by atoms with Gasteiger partial charge in [0.25, 0.3) is 0 Å². The third-order valence-electron chi connectivity index (χ3n) is 2.27. The van der Waals surface area contributed by atoms with Gasteiger partial charge in [-0.3, -0.25) is 0 Å². The van der Waals surface area contributed by atoms with Gasteiger partial charge in [0.1, 0.15) is 0 Å². The summed E-state index contributed by atoms with van der Waals surface area (Å²) >= 11 is 6.90. The summed E-state index contributed by atoms with van der Waals surface area (Å²) in [6.45, 7) is 0. The lowest BCUT2D eigenvalue weighted by Crippen LogP contribution is -2.02. The molecule has 0 atom stereocenters. The first-order chi connectivity index (χ1) is 6.79. The Bertz CT molecular complexity index is 227. The van der Waals surface area contributed by atoms with Crippen LogP contribution in [0.1, 0.15) is 32.1 Å². The van der Waals surface area contributed by atoms with Gasteiger partial charge in [0.15, 0.2) is 0 Å². The standard InChI is InChI=1S/C6H11Br.C6H5Br/c2*7-6-4-2-1-3-5-6/h6H,1-5H2;1-5H. The summed E-state index contributed by atoms with van der Waals surface area (Å²) in [5, 5.41) is 0. The molecule has 1 aromatic carbocycles. The molecule has 14 heavy (non-hydrogen) atoms. The average molecular weight is 320 g/mol. The van der Waals surface area contributed by atoms with Gasteiger partial charge in [-0.25, -0.2) is 0 Å². The van der Waals surface area contributed by atoms with E-state index in [4.69, 9.17) is 0 Å². The molecule has 1 aliphatic rings. The average Bonchev–Trinajstić information content (AvgIpc) is 2.21. The van der Waals surface area contributed by atoms with E-state index < -0.39 is 0 Å². The first-order valence-electron chi connectivity index (χ1n) is 5.13. The van der Waals surface area contributed by atoms with Crippen molar-refractivity contribution in [3.63, 3.8) is 0 Å². The van der Waals surface area contributed by atoms with Crippen molar-refractivity contribution in [2.24, 2.45) is 0 Å². The largest absolute Gasteiger partial charge is 0.0891 e. The van der Waals surface area contributed by atoms with Crippen molar-refractivity contribution < 1.29 is 0 Å². The molecule has 0 spiro atoms. The highest BCUT2D eigenvalue weighted by Crippen LogP contribution is 2.22. The lowest BCUT2D eigenvalue weighted by atomic mass is 10.0. The Balaban J connectivity index is 0.000000140. The predicted molar refractivity (Wildman–Crippen MR) is 69.9 cm³/mol. The summed E-state index contributed by atoms with van der Waals surface area (Å²) in [7, 11) is 0. The molecule has 0 aliphatic heterocycles. The number of hydrogen-bond donors (Lipinski definition) is 0. The summed E-state index contributed by atoms with van der Waals surface area (Å²) in [6, 6.07) is 9.97. The highest BCUT2D eigenvalue weighted by Gasteiger charge is 2.07. The van der Waals surface area contributed by atoms with E-state index in [1.54, 1.807) is 0 Å². The molecule has 0 saturated heterocycles. The Hall–Kier alpha value is 0.180. The van der Waals surface area contributed by atoms with E-state index in [0.717, 1.165) is 9.30 Å². The van der Waals surface area contributed by atoms with Crippen LogP contribution in [0.4, 0.5) is 0 Å². The van der Waals surface area contributed by atoms with Crippen LogP contribution in [0.5, 0.6) is 0 Å². The molecule has 2 rings (SSSR count). The second-order valence-corrected chi connectivity index (χ2v) is 5.74. The summed E-state index contributed by atoms with van der Waals surface area (Å²) < 4.78 is 1.13. The van der Waals surface area contributed by atoms with E-state index in [2.05, 4.69) is 31.9 Å². The lowest BCUT2D eigenvalue weighted by molar-refractivity contribution is 0.521. The van der Waals surface area contributed by atoms with Crippen LogP contribution in [0.3, 0.4) is 0 Å². The van der Waals surface area contributed by atoms with Crippen molar-refractivity contribution in [3.8, 4) is 0 Å². The van der Waals surface area contributed by atoms with Gasteiger partial charge in [-0.05, 0) is 25.0 Å². The topological polar surface area (TPSA) is 0 Å². The van der Waals surface area contributed by atoms with Gasteiger partial charge in [0.05, 0.1) is 0 Å². The third-order valence-corrected chi connectivity index (χ3v) is 3.71. The molecule has 78 valence electrons. The van der Waals surface area contributed by atoms with Crippen LogP contribution < -0.4 is 0 Å². The van der Waals surface area contributed by atoms with Crippen molar-refractivity contribution in [3.05, 3.63) is 34.8 Å². The van der Waals surface area contributed by atoms with Crippen LogP contribution in [0, 0.1) is 0 Å². The second kappa shape index (κ2) is 7.47. The molecule has 0 nitrogen and oxygen atoms in total. The molecule has 0 aromatic heterocycles. The van der Waals surface area contributed by atoms with Gasteiger partial charge < -0.3 is 0 Å². The van der Waals surface area contributed by atoms with Crippen molar-refractivity contribution in [1.82, 2.24) is 0 Å². The number of rotatable bonds is 0. The maximum Gasteiger partial charge on any atom is 0.0175 e. The molecule has 0 radical (unpaired) electrons. The smallest absolute Gasteiger partial charge is 0.0175 e. The first kappa shape index (κ1) is 12.3. The fourth-order valence-electron chi connectivity index (χ4n) is 1.47. The van der Waals surface area contributed by atoms with Crippen LogP contribution in [0.25, 0.3) is 0 Å². The van der Waals surface area contributed by atoms with Crippen LogP contribution in [0.15, 0.2) is 34.8 Å². The minimum Gasteiger partial charge on any atom is -0.0891 e. The van der Waals surface area contributed by atoms with Crippen LogP contribution >= 0.6 is 31.9 Å². The van der Waals surface area contributed by atoms with Crippen molar-refractivity contribution >= 4 is 31.9 Å². The maximum atomic E-state index is 3.59. The number of halogens is 2. The van der Waals surface area contributed by atoms with Crippen molar-refractivity contribution in [1.29, 1.82) is 0 Å². The van der Waals surface area contributed by atoms with Gasteiger partial charge in [0, 0.05) is 9.30 Å². The Morgan fingerprint density at radius 2 is 1.50 bits per heavy atom. The zero-order valence-corrected chi connectivity index (χ0v) is 11.4. The highest BCUT2D eigenvalue weighted by molar-refractivity contribution is 9.10. The van der Waals surface area contributed by atoms with E-state index in [9.17, 15) is 0 Å². The molecule has 0 unspecified atom stereocenters. The van der Waals surface area contributed by atoms with E-state index in [0.29, 0.717) is 0 Å². The quantitative estimate of drug-likeness (QED) is 0.579. The molecule has 1 aromatic rings. The van der Waals surface area contributed by atoms with E-state index in [1.807, 2.05) is 30.3 Å². The summed E-state index contributed by atoms with van der Waals surface area (Å²) in [6.07, 6.45) is 7.15. The van der Waals surface area contributed by atoms with E-state index in [1.165, 1.54) is 32.1 Å². The minimum absolute atomic E-state index is 0.848. The Labute approximate surface area is 103 Å². The first-order valence-corrected chi connectivity index (χ1v) is 6.84. The monoisotopic (exact) mass is 318 g/mol. The van der Waals surface area contributed by atoms with Crippen molar-refractivity contribution in [2.45, 2.75) is 36.9 Å². The SMILES string of the molecule is BrC1CCCCC1.Brc1ccccc1. The third kappa shape index (κ3) is 5.82. The van der Waals surface area contributed by atoms with Gasteiger partial charge in [-0.1, -0.05) is 69.3 Å². The number of hydrogen-bond acceptors (Lipinski definition) is 0. The molecule has 0 amide bonds. The fraction of sp³-hybridized carbons (Fsp3) is 0.500. The minimum atomic E-state index is 0.848. The van der Waals surface area contributed by atoms with Gasteiger partial charge in [-0.2, -0.15) is 0 Å². The van der Waals surface area contributed by atoms with Crippen molar-refractivity contribution in [2.75, 3.05) is 0 Å². The second-order valence-electron chi connectivity index (χ2n) is 3.53. The molecule has 1 aliphatic carbocycles. The number of alkyl halides is 1. The molecule has 0 N–H and O–H groups in total. The van der Waals surface area contributed by atoms with Gasteiger partial charge in [-0.15, -0.1) is 0 Å². The molecule has 2 heteroatoms. The van der Waals surface area contributed by atoms with Crippen LogP contribution in [-0.2, 0) is 0 Å². The fourth-order valence-corrected chi connectivity index (χ4v) is 2.42. The summed E-state index contributed by atoms with van der Waals surface area (Å²) in [5.74, 6) is 0. The van der Waals surface area contributed by atoms with Crippen LogP contribution in [0.2, 0.25) is 0 Å². The van der Waals surface area contributed by atoms with Crippen LogP contribution in [-0.4, -0.2) is 4.83 Å². The zero-order chi connectivity index (χ0) is 10.2. The Morgan fingerprint density at radius 3 is 1.79 bits per heavy atom. The molecular formula is C12H16Br2. The molecule has 1 fully saturated rings. The molecule has 0 heterocycles. The summed E-state index contributed by atoms with van der Waals surface area (Å²) in [4.78, 5) is 0.848. The maximum absolute atomic E-state index is 3.59. The van der Waals surface area contributed by atoms with Gasteiger partial charge in [0.2, 0.25) is 0 Å². The summed E-state index contributed by atoms with van der Waals surface area (Å²) in [5.41, 5.74) is 0. The Morgan fingerprint density at radius 1 is 0.929 bits per heavy atom. The van der Waals surface area contributed by atoms with Gasteiger partial charge >= 0.3 is 0 Å². The Kier molecular flexibility index (Phi) is 6.54. The predicted octanol–water partition coefficient (Wildman–Crippen LogP) is 5.16. The lowest BCUT2D eigenvalue weighted by Gasteiger charge is -2.13. The molecular weight excluding hydrogens is 304 g/mol. The van der Waals surface area contributed by atoms with E-state index >= 15 is 0 Å². The number of benzene rings is 1. The normalized spacial score (nSPS) is 17.0. The highest BCUT2D eigenvalue weighted by atomic mass is 79.9. The molecule has 1 saturated carbocycles.